The van der Waals surface area contributed by atoms with Gasteiger partial charge in [0.05, 0.1) is 6.61 Å². The third-order valence-electron chi connectivity index (χ3n) is 2.52. The summed E-state index contributed by atoms with van der Waals surface area (Å²) in [5, 5.41) is 0. The van der Waals surface area contributed by atoms with Crippen molar-refractivity contribution in [2.75, 3.05) is 18.6 Å². The minimum absolute atomic E-state index is 0.00617. The molecule has 4 heteroatoms. The van der Waals surface area contributed by atoms with Crippen LogP contribution in [0.25, 0.3) is 0 Å². The number of nitrogens with zero attached hydrogens (tertiary/aromatic N) is 1. The van der Waals surface area contributed by atoms with Gasteiger partial charge in [0.2, 0.25) is 5.91 Å². The first-order chi connectivity index (χ1) is 8.33. The number of nitrogens with two attached hydrogens (primary N) is 1. The fourth-order valence-electron chi connectivity index (χ4n) is 1.58. The zero-order valence-electron chi connectivity index (χ0n) is 11.6. The quantitative estimate of drug-likeness (QED) is 0.871. The molecule has 0 saturated heterocycles. The summed E-state index contributed by atoms with van der Waals surface area (Å²) in [4.78, 5) is 13.6. The van der Waals surface area contributed by atoms with E-state index in [1.165, 1.54) is 0 Å². The monoisotopic (exact) mass is 250 g/mol. The van der Waals surface area contributed by atoms with Gasteiger partial charge in [-0.3, -0.25) is 4.79 Å². The Kier molecular flexibility index (Phi) is 4.73. The summed E-state index contributed by atoms with van der Waals surface area (Å²) in [5.41, 5.74) is 6.20. The van der Waals surface area contributed by atoms with Crippen molar-refractivity contribution in [1.29, 1.82) is 0 Å². The Bertz CT molecular complexity index is 393. The summed E-state index contributed by atoms with van der Waals surface area (Å²) in [6, 6.07) is 7.45. The van der Waals surface area contributed by atoms with Crippen LogP contribution >= 0.6 is 0 Å². The Morgan fingerprint density at radius 1 is 1.33 bits per heavy atom. The van der Waals surface area contributed by atoms with E-state index < -0.39 is 5.54 Å². The van der Waals surface area contributed by atoms with E-state index in [0.717, 1.165) is 11.4 Å². The van der Waals surface area contributed by atoms with Crippen LogP contribution in [0.4, 0.5) is 5.69 Å². The molecule has 4 nitrogen and oxygen atoms in total. The molecule has 0 bridgehead atoms. The molecule has 1 amide bonds. The van der Waals surface area contributed by atoms with Gasteiger partial charge in [0.15, 0.2) is 0 Å². The largest absolute Gasteiger partial charge is 0.494 e. The Morgan fingerprint density at radius 2 is 1.89 bits per heavy atom. The van der Waals surface area contributed by atoms with Crippen molar-refractivity contribution >= 4 is 11.6 Å². The molecule has 1 aromatic carbocycles. The molecule has 0 aliphatic carbocycles. The molecule has 0 heterocycles. The summed E-state index contributed by atoms with van der Waals surface area (Å²) in [6.07, 6.45) is 0.316. The maximum Gasteiger partial charge on any atom is 0.228 e. The van der Waals surface area contributed by atoms with E-state index in [0.29, 0.717) is 13.0 Å². The Balaban J connectivity index is 2.71. The van der Waals surface area contributed by atoms with Crippen LogP contribution in [0.1, 0.15) is 27.2 Å². The molecule has 0 aliphatic heterocycles. The van der Waals surface area contributed by atoms with E-state index in [9.17, 15) is 4.79 Å². The van der Waals surface area contributed by atoms with Crippen LogP contribution in [-0.2, 0) is 4.79 Å². The van der Waals surface area contributed by atoms with E-state index in [2.05, 4.69) is 0 Å². The highest BCUT2D eigenvalue weighted by Gasteiger charge is 2.20. The summed E-state index contributed by atoms with van der Waals surface area (Å²) in [5.74, 6) is 0.813. The van der Waals surface area contributed by atoms with Crippen molar-refractivity contribution in [3.8, 4) is 5.75 Å². The third-order valence-corrected chi connectivity index (χ3v) is 2.52. The first-order valence-electron chi connectivity index (χ1n) is 6.12. The SMILES string of the molecule is CCOc1ccc(N(C)C(=O)CC(C)(C)N)cc1. The lowest BCUT2D eigenvalue weighted by molar-refractivity contribution is -0.119. The lowest BCUT2D eigenvalue weighted by atomic mass is 10.0. The van der Waals surface area contributed by atoms with Crippen molar-refractivity contribution in [3.05, 3.63) is 24.3 Å². The number of hydrogen-bond acceptors (Lipinski definition) is 3. The minimum atomic E-state index is -0.489. The second-order valence-corrected chi connectivity index (χ2v) is 5.05. The van der Waals surface area contributed by atoms with Crippen molar-refractivity contribution < 1.29 is 9.53 Å². The van der Waals surface area contributed by atoms with Gasteiger partial charge in [0.25, 0.3) is 0 Å². The van der Waals surface area contributed by atoms with Gasteiger partial charge in [-0.05, 0) is 45.0 Å². The van der Waals surface area contributed by atoms with Crippen LogP contribution in [0.3, 0.4) is 0 Å². The fourth-order valence-corrected chi connectivity index (χ4v) is 1.58. The van der Waals surface area contributed by atoms with Gasteiger partial charge in [-0.15, -0.1) is 0 Å². The number of rotatable bonds is 5. The molecule has 100 valence electrons. The molecule has 0 saturated carbocycles. The maximum absolute atomic E-state index is 12.0. The van der Waals surface area contributed by atoms with E-state index in [1.54, 1.807) is 11.9 Å². The molecule has 2 N–H and O–H groups in total. The molecule has 18 heavy (non-hydrogen) atoms. The van der Waals surface area contributed by atoms with Gasteiger partial charge in [-0.2, -0.15) is 0 Å². The van der Waals surface area contributed by atoms with Crippen LogP contribution in [0, 0.1) is 0 Å². The summed E-state index contributed by atoms with van der Waals surface area (Å²) < 4.78 is 5.36. The first-order valence-corrected chi connectivity index (χ1v) is 6.12. The van der Waals surface area contributed by atoms with Crippen LogP contribution in [0.2, 0.25) is 0 Å². The fraction of sp³-hybridized carbons (Fsp3) is 0.500. The van der Waals surface area contributed by atoms with Crippen LogP contribution in [0.5, 0.6) is 5.75 Å². The number of benzene rings is 1. The van der Waals surface area contributed by atoms with E-state index in [-0.39, 0.29) is 5.91 Å². The smallest absolute Gasteiger partial charge is 0.228 e. The summed E-state index contributed by atoms with van der Waals surface area (Å²) >= 11 is 0. The first kappa shape index (κ1) is 14.5. The van der Waals surface area contributed by atoms with Crippen molar-refractivity contribution in [2.24, 2.45) is 5.73 Å². The normalized spacial score (nSPS) is 11.2. The average molecular weight is 250 g/mol. The molecule has 0 spiro atoms. The number of ether oxygens (including phenoxy) is 1. The molecule has 1 rings (SSSR count). The molecule has 0 fully saturated rings. The summed E-state index contributed by atoms with van der Waals surface area (Å²) in [7, 11) is 1.75. The Labute approximate surface area is 109 Å². The van der Waals surface area contributed by atoms with Crippen LogP contribution in [0.15, 0.2) is 24.3 Å². The zero-order valence-corrected chi connectivity index (χ0v) is 11.6. The second-order valence-electron chi connectivity index (χ2n) is 5.05. The highest BCUT2D eigenvalue weighted by molar-refractivity contribution is 5.93. The number of carbonyl (C=O) groups is 1. The van der Waals surface area contributed by atoms with Gasteiger partial charge in [0.1, 0.15) is 5.75 Å². The highest BCUT2D eigenvalue weighted by Crippen LogP contribution is 2.20. The topological polar surface area (TPSA) is 55.6 Å². The maximum atomic E-state index is 12.0. The number of amides is 1. The van der Waals surface area contributed by atoms with Gasteiger partial charge in [-0.25, -0.2) is 0 Å². The molecule has 1 aromatic rings. The zero-order chi connectivity index (χ0) is 13.8. The predicted molar refractivity (Wildman–Crippen MR) is 73.9 cm³/mol. The lowest BCUT2D eigenvalue weighted by Crippen LogP contribution is -2.39. The van der Waals surface area contributed by atoms with Crippen LogP contribution in [-0.4, -0.2) is 25.1 Å². The van der Waals surface area contributed by atoms with Crippen molar-refractivity contribution in [3.63, 3.8) is 0 Å². The number of carbonyl (C=O) groups excluding carboxylic acids is 1. The van der Waals surface area contributed by atoms with Gasteiger partial charge < -0.3 is 15.4 Å². The summed E-state index contributed by atoms with van der Waals surface area (Å²) in [6.45, 7) is 6.26. The molecule has 0 atom stereocenters. The number of hydrogen-bond donors (Lipinski definition) is 1. The lowest BCUT2D eigenvalue weighted by Gasteiger charge is -2.23. The standard InChI is InChI=1S/C14H22N2O2/c1-5-18-12-8-6-11(7-9-12)16(4)13(17)10-14(2,3)15/h6-9H,5,10,15H2,1-4H3. The molecule has 0 radical (unpaired) electrons. The predicted octanol–water partition coefficient (Wildman–Crippen LogP) is 2.18. The third kappa shape index (κ3) is 4.37. The minimum Gasteiger partial charge on any atom is -0.494 e. The van der Waals surface area contributed by atoms with Gasteiger partial charge in [-0.1, -0.05) is 0 Å². The molecule has 0 unspecified atom stereocenters. The molecule has 0 aromatic heterocycles. The van der Waals surface area contributed by atoms with Crippen LogP contribution < -0.4 is 15.4 Å². The second kappa shape index (κ2) is 5.87. The highest BCUT2D eigenvalue weighted by atomic mass is 16.5. The van der Waals surface area contributed by atoms with Crippen molar-refractivity contribution in [1.82, 2.24) is 0 Å². The molecule has 0 aliphatic rings. The van der Waals surface area contributed by atoms with Crippen molar-refractivity contribution in [2.45, 2.75) is 32.7 Å². The van der Waals surface area contributed by atoms with E-state index in [1.807, 2.05) is 45.0 Å². The number of anilines is 1. The average Bonchev–Trinajstić information content (AvgIpc) is 2.27. The Hall–Kier alpha value is -1.55. The molecular formula is C14H22N2O2. The van der Waals surface area contributed by atoms with Gasteiger partial charge in [0, 0.05) is 24.7 Å². The molecular weight excluding hydrogens is 228 g/mol. The Morgan fingerprint density at radius 3 is 2.33 bits per heavy atom. The van der Waals surface area contributed by atoms with Gasteiger partial charge >= 0.3 is 0 Å². The van der Waals surface area contributed by atoms with E-state index in [4.69, 9.17) is 10.5 Å². The van der Waals surface area contributed by atoms with E-state index >= 15 is 0 Å².